The quantitative estimate of drug-likeness (QED) is 0.546. The molecule has 0 aliphatic rings. The van der Waals surface area contributed by atoms with Crippen molar-refractivity contribution in [2.45, 2.75) is 0 Å². The number of nitrogens with one attached hydrogen (secondary N) is 1. The first-order chi connectivity index (χ1) is 10.0. The highest BCUT2D eigenvalue weighted by molar-refractivity contribution is 7.71. The Morgan fingerprint density at radius 1 is 1.10 bits per heavy atom. The molecule has 0 bridgehead atoms. The van der Waals surface area contributed by atoms with Crippen molar-refractivity contribution in [3.63, 3.8) is 0 Å². The fourth-order valence-corrected chi connectivity index (χ4v) is 2.41. The van der Waals surface area contributed by atoms with Crippen molar-refractivity contribution < 1.29 is 13.2 Å². The lowest BCUT2D eigenvalue weighted by Gasteiger charge is -2.07. The molecular formula is C14H6F3N3S. The summed E-state index contributed by atoms with van der Waals surface area (Å²) < 4.78 is 41.7. The molecule has 0 amide bonds. The molecule has 0 unspecified atom stereocenters. The summed E-state index contributed by atoms with van der Waals surface area (Å²) in [5, 5.41) is 8.92. The van der Waals surface area contributed by atoms with Crippen molar-refractivity contribution in [1.82, 2.24) is 9.55 Å². The molecule has 1 N–H and O–H groups in total. The molecule has 7 heteroatoms. The van der Waals surface area contributed by atoms with E-state index in [9.17, 15) is 13.2 Å². The van der Waals surface area contributed by atoms with E-state index in [1.807, 2.05) is 6.07 Å². The van der Waals surface area contributed by atoms with Crippen LogP contribution in [0.3, 0.4) is 0 Å². The van der Waals surface area contributed by atoms with Crippen LogP contribution in [0.1, 0.15) is 5.56 Å². The molecule has 1 heterocycles. The lowest BCUT2D eigenvalue weighted by Crippen LogP contribution is -2.02. The molecule has 0 aliphatic heterocycles. The fraction of sp³-hybridized carbons (Fsp3) is 0. The topological polar surface area (TPSA) is 44.5 Å². The SMILES string of the molecule is N#Cc1ccc2[nH]c(=S)n(-c3ccc(F)c(F)c3F)c2c1. The Hall–Kier alpha value is -2.59. The second-order valence-corrected chi connectivity index (χ2v) is 4.69. The van der Waals surface area contributed by atoms with Crippen LogP contribution in [0.4, 0.5) is 13.2 Å². The highest BCUT2D eigenvalue weighted by Gasteiger charge is 2.17. The minimum absolute atomic E-state index is 0.116. The van der Waals surface area contributed by atoms with E-state index < -0.39 is 17.5 Å². The molecule has 2 aromatic carbocycles. The number of nitrogens with zero attached hydrogens (tertiary/aromatic N) is 2. The molecule has 0 fully saturated rings. The largest absolute Gasteiger partial charge is 0.330 e. The third kappa shape index (κ3) is 2.00. The van der Waals surface area contributed by atoms with Gasteiger partial charge in [-0.05, 0) is 42.5 Å². The van der Waals surface area contributed by atoms with Crippen LogP contribution < -0.4 is 0 Å². The monoisotopic (exact) mass is 305 g/mol. The van der Waals surface area contributed by atoms with Crippen LogP contribution in [-0.4, -0.2) is 9.55 Å². The van der Waals surface area contributed by atoms with E-state index >= 15 is 0 Å². The maximum absolute atomic E-state index is 14.0. The van der Waals surface area contributed by atoms with E-state index in [-0.39, 0.29) is 10.5 Å². The van der Waals surface area contributed by atoms with E-state index in [1.165, 1.54) is 10.6 Å². The number of hydrogen-bond acceptors (Lipinski definition) is 2. The number of hydrogen-bond donors (Lipinski definition) is 1. The summed E-state index contributed by atoms with van der Waals surface area (Å²) >= 11 is 5.09. The fourth-order valence-electron chi connectivity index (χ4n) is 2.10. The van der Waals surface area contributed by atoms with Gasteiger partial charge in [0.05, 0.1) is 28.4 Å². The van der Waals surface area contributed by atoms with Gasteiger partial charge in [-0.3, -0.25) is 4.57 Å². The Morgan fingerprint density at radius 2 is 1.86 bits per heavy atom. The van der Waals surface area contributed by atoms with Gasteiger partial charge in [-0.15, -0.1) is 0 Å². The number of fused-ring (bicyclic) bond motifs is 1. The smallest absolute Gasteiger partial charge is 0.196 e. The second-order valence-electron chi connectivity index (χ2n) is 4.30. The van der Waals surface area contributed by atoms with E-state index in [0.29, 0.717) is 16.6 Å². The summed E-state index contributed by atoms with van der Waals surface area (Å²) in [5.74, 6) is -4.19. The Morgan fingerprint density at radius 3 is 2.57 bits per heavy atom. The lowest BCUT2D eigenvalue weighted by molar-refractivity contribution is 0.445. The summed E-state index contributed by atoms with van der Waals surface area (Å²) in [6.07, 6.45) is 0. The number of aromatic amines is 1. The zero-order valence-electron chi connectivity index (χ0n) is 10.3. The van der Waals surface area contributed by atoms with E-state index in [2.05, 4.69) is 4.98 Å². The van der Waals surface area contributed by atoms with E-state index in [0.717, 1.165) is 12.1 Å². The minimum atomic E-state index is -1.57. The van der Waals surface area contributed by atoms with Gasteiger partial charge in [0.25, 0.3) is 0 Å². The van der Waals surface area contributed by atoms with Gasteiger partial charge in [0, 0.05) is 0 Å². The van der Waals surface area contributed by atoms with Gasteiger partial charge < -0.3 is 4.98 Å². The van der Waals surface area contributed by atoms with Gasteiger partial charge in [0.1, 0.15) is 0 Å². The molecule has 0 spiro atoms. The first kappa shape index (κ1) is 13.4. The van der Waals surface area contributed by atoms with E-state index in [4.69, 9.17) is 17.5 Å². The van der Waals surface area contributed by atoms with Crippen molar-refractivity contribution in [1.29, 1.82) is 5.26 Å². The van der Waals surface area contributed by atoms with Crippen LogP contribution in [0, 0.1) is 33.6 Å². The molecular weight excluding hydrogens is 299 g/mol. The van der Waals surface area contributed by atoms with Gasteiger partial charge in [-0.25, -0.2) is 13.2 Å². The number of nitriles is 1. The predicted molar refractivity (Wildman–Crippen MR) is 73.0 cm³/mol. The van der Waals surface area contributed by atoms with Crippen LogP contribution in [0.15, 0.2) is 30.3 Å². The standard InChI is InChI=1S/C14H6F3N3S/c15-8-2-4-10(13(17)12(8)16)20-11-5-7(6-18)1-3-9(11)19-14(20)21/h1-5H,(H,19,21). The van der Waals surface area contributed by atoms with Crippen molar-refractivity contribution in [2.24, 2.45) is 0 Å². The molecule has 104 valence electrons. The van der Waals surface area contributed by atoms with Crippen molar-refractivity contribution in [3.05, 3.63) is 58.1 Å². The average Bonchev–Trinajstić information content (AvgIpc) is 2.80. The van der Waals surface area contributed by atoms with Crippen LogP contribution in [0.2, 0.25) is 0 Å². The van der Waals surface area contributed by atoms with Crippen LogP contribution in [0.25, 0.3) is 16.7 Å². The lowest BCUT2D eigenvalue weighted by atomic mass is 10.2. The summed E-state index contributed by atoms with van der Waals surface area (Å²) in [5.41, 5.74) is 1.08. The van der Waals surface area contributed by atoms with Crippen LogP contribution in [0.5, 0.6) is 0 Å². The zero-order valence-corrected chi connectivity index (χ0v) is 11.1. The van der Waals surface area contributed by atoms with Crippen molar-refractivity contribution in [3.8, 4) is 11.8 Å². The van der Waals surface area contributed by atoms with Gasteiger partial charge in [-0.2, -0.15) is 5.26 Å². The average molecular weight is 305 g/mol. The van der Waals surface area contributed by atoms with Crippen molar-refractivity contribution in [2.75, 3.05) is 0 Å². The molecule has 0 saturated heterocycles. The maximum Gasteiger partial charge on any atom is 0.196 e. The third-order valence-corrected chi connectivity index (χ3v) is 3.35. The number of benzene rings is 2. The molecule has 3 aromatic rings. The molecule has 0 atom stereocenters. The number of rotatable bonds is 1. The van der Waals surface area contributed by atoms with E-state index in [1.54, 1.807) is 12.1 Å². The first-order valence-electron chi connectivity index (χ1n) is 5.81. The molecule has 3 nitrogen and oxygen atoms in total. The molecule has 3 rings (SSSR count). The summed E-state index contributed by atoms with van der Waals surface area (Å²) in [6, 6.07) is 8.53. The third-order valence-electron chi connectivity index (χ3n) is 3.07. The van der Waals surface area contributed by atoms with Crippen molar-refractivity contribution >= 4 is 23.3 Å². The predicted octanol–water partition coefficient (Wildman–Crippen LogP) is 3.98. The molecule has 0 saturated carbocycles. The van der Waals surface area contributed by atoms with Gasteiger partial charge in [0.2, 0.25) is 0 Å². The Bertz CT molecular complexity index is 966. The summed E-state index contributed by atoms with van der Waals surface area (Å²) in [7, 11) is 0. The number of aromatic nitrogens is 2. The summed E-state index contributed by atoms with van der Waals surface area (Å²) in [4.78, 5) is 2.82. The first-order valence-corrected chi connectivity index (χ1v) is 6.22. The molecule has 0 aliphatic carbocycles. The van der Waals surface area contributed by atoms with Gasteiger partial charge in [-0.1, -0.05) is 0 Å². The Balaban J connectivity index is 2.40. The number of imidazole rings is 1. The summed E-state index contributed by atoms with van der Waals surface area (Å²) in [6.45, 7) is 0. The second kappa shape index (κ2) is 4.75. The van der Waals surface area contributed by atoms with Crippen LogP contribution >= 0.6 is 12.2 Å². The van der Waals surface area contributed by atoms with Crippen LogP contribution in [-0.2, 0) is 0 Å². The highest BCUT2D eigenvalue weighted by Crippen LogP contribution is 2.25. The molecule has 21 heavy (non-hydrogen) atoms. The molecule has 1 aromatic heterocycles. The number of H-pyrrole nitrogens is 1. The van der Waals surface area contributed by atoms with Gasteiger partial charge in [0.15, 0.2) is 22.2 Å². The Kier molecular flexibility index (Phi) is 3.03. The highest BCUT2D eigenvalue weighted by atomic mass is 32.1. The Labute approximate surface area is 121 Å². The number of halogens is 3. The maximum atomic E-state index is 14.0. The normalized spacial score (nSPS) is 10.8. The minimum Gasteiger partial charge on any atom is -0.330 e. The molecule has 0 radical (unpaired) electrons. The van der Waals surface area contributed by atoms with Gasteiger partial charge >= 0.3 is 0 Å². The zero-order chi connectivity index (χ0) is 15.1.